The summed E-state index contributed by atoms with van der Waals surface area (Å²) in [5.74, 6) is 0.953. The smallest absolute Gasteiger partial charge is 0.220 e. The van der Waals surface area contributed by atoms with Gasteiger partial charge in [0.15, 0.2) is 0 Å². The first kappa shape index (κ1) is 19.0. The number of aliphatic hydroxyl groups is 2. The number of aliphatic hydroxyl groups excluding tert-OH is 2. The van der Waals surface area contributed by atoms with Gasteiger partial charge in [-0.05, 0) is 36.6 Å². The highest BCUT2D eigenvalue weighted by Gasteiger charge is 2.30. The topological polar surface area (TPSA) is 116 Å². The van der Waals surface area contributed by atoms with Crippen molar-refractivity contribution in [2.24, 2.45) is 5.92 Å². The minimum absolute atomic E-state index is 0.116. The minimum Gasteiger partial charge on any atom is -0.507 e. The van der Waals surface area contributed by atoms with Crippen molar-refractivity contribution in [3.05, 3.63) is 30.0 Å². The Hall–Kier alpha value is -2.38. The number of nitrogens with zero attached hydrogens (tertiary/aromatic N) is 3. The highest BCUT2D eigenvalue weighted by Crippen LogP contribution is 2.34. The van der Waals surface area contributed by atoms with Gasteiger partial charge in [-0.25, -0.2) is 9.97 Å². The molecule has 1 aliphatic heterocycles. The predicted molar refractivity (Wildman–Crippen MR) is 108 cm³/mol. The second-order valence-electron chi connectivity index (χ2n) is 8.05. The van der Waals surface area contributed by atoms with Gasteiger partial charge in [0.1, 0.15) is 5.75 Å². The SMILES string of the molecule is Nc1nc(CC2CCCCC2)cc(-c2cc(N3C[C@H](O)[C@@H](O)C3)ccc2O)n1. The molecule has 1 saturated carbocycles. The second kappa shape index (κ2) is 7.93. The monoisotopic (exact) mass is 384 g/mol. The van der Waals surface area contributed by atoms with Gasteiger partial charge in [0.2, 0.25) is 5.95 Å². The summed E-state index contributed by atoms with van der Waals surface area (Å²) in [6.45, 7) is 0.703. The van der Waals surface area contributed by atoms with Crippen LogP contribution in [0.3, 0.4) is 0 Å². The molecule has 2 fully saturated rings. The van der Waals surface area contributed by atoms with E-state index in [4.69, 9.17) is 5.73 Å². The summed E-state index contributed by atoms with van der Waals surface area (Å²) in [5.41, 5.74) is 8.86. The van der Waals surface area contributed by atoms with Crippen molar-refractivity contribution in [1.82, 2.24) is 9.97 Å². The third-order valence-corrected chi connectivity index (χ3v) is 5.90. The summed E-state index contributed by atoms with van der Waals surface area (Å²) in [6, 6.07) is 7.13. The molecular formula is C21H28N4O3. The van der Waals surface area contributed by atoms with Crippen LogP contribution >= 0.6 is 0 Å². The van der Waals surface area contributed by atoms with Crippen molar-refractivity contribution < 1.29 is 15.3 Å². The van der Waals surface area contributed by atoms with Crippen LogP contribution < -0.4 is 10.6 Å². The molecule has 2 aromatic rings. The Labute approximate surface area is 164 Å². The summed E-state index contributed by atoms with van der Waals surface area (Å²) in [7, 11) is 0. The Bertz CT molecular complexity index is 828. The lowest BCUT2D eigenvalue weighted by Gasteiger charge is -2.21. The molecular weight excluding hydrogens is 356 g/mol. The third-order valence-electron chi connectivity index (χ3n) is 5.90. The van der Waals surface area contributed by atoms with Crippen molar-refractivity contribution in [3.8, 4) is 17.0 Å². The molecule has 2 heterocycles. The quantitative estimate of drug-likeness (QED) is 0.638. The van der Waals surface area contributed by atoms with E-state index in [2.05, 4.69) is 9.97 Å². The first-order chi connectivity index (χ1) is 13.5. The van der Waals surface area contributed by atoms with Crippen LogP contribution in [0.25, 0.3) is 11.3 Å². The van der Waals surface area contributed by atoms with E-state index in [0.29, 0.717) is 30.3 Å². The van der Waals surface area contributed by atoms with Crippen molar-refractivity contribution in [1.29, 1.82) is 0 Å². The van der Waals surface area contributed by atoms with Crippen molar-refractivity contribution in [3.63, 3.8) is 0 Å². The maximum atomic E-state index is 10.4. The first-order valence-corrected chi connectivity index (χ1v) is 10.1. The maximum Gasteiger partial charge on any atom is 0.220 e. The zero-order valence-corrected chi connectivity index (χ0v) is 16.0. The fraction of sp³-hybridized carbons (Fsp3) is 0.524. The van der Waals surface area contributed by atoms with Gasteiger partial charge < -0.3 is 26.0 Å². The van der Waals surface area contributed by atoms with Crippen LogP contribution in [0.15, 0.2) is 24.3 Å². The standard InChI is InChI=1S/C21H28N4O3/c22-21-23-14(8-13-4-2-1-3-5-13)9-17(24-21)16-10-15(6-7-18(16)26)25-11-19(27)20(28)12-25/h6-7,9-10,13,19-20,26-28H,1-5,8,11-12H2,(H2,22,23,24)/t19-,20-/m0/s1. The van der Waals surface area contributed by atoms with E-state index < -0.39 is 12.2 Å². The lowest BCUT2D eigenvalue weighted by atomic mass is 9.86. The van der Waals surface area contributed by atoms with E-state index in [1.54, 1.807) is 12.1 Å². The fourth-order valence-electron chi connectivity index (χ4n) is 4.35. The Morgan fingerprint density at radius 3 is 2.43 bits per heavy atom. The number of nitrogen functional groups attached to an aromatic ring is 1. The molecule has 150 valence electrons. The van der Waals surface area contributed by atoms with Crippen LogP contribution in [0.2, 0.25) is 0 Å². The Balaban J connectivity index is 1.62. The number of aromatic hydroxyl groups is 1. The number of phenolic OH excluding ortho intramolecular Hbond substituents is 1. The second-order valence-corrected chi connectivity index (χ2v) is 8.05. The average molecular weight is 384 g/mol. The summed E-state index contributed by atoms with van der Waals surface area (Å²) in [4.78, 5) is 10.7. The lowest BCUT2D eigenvalue weighted by molar-refractivity contribution is 0.0572. The van der Waals surface area contributed by atoms with Gasteiger partial charge in [0.25, 0.3) is 0 Å². The van der Waals surface area contributed by atoms with Crippen LogP contribution in [-0.2, 0) is 6.42 Å². The number of benzene rings is 1. The third kappa shape index (κ3) is 4.05. The molecule has 0 unspecified atom stereocenters. The molecule has 0 spiro atoms. The molecule has 7 nitrogen and oxygen atoms in total. The van der Waals surface area contributed by atoms with Crippen molar-refractivity contribution >= 4 is 11.6 Å². The van der Waals surface area contributed by atoms with Gasteiger partial charge in [-0.2, -0.15) is 0 Å². The van der Waals surface area contributed by atoms with Crippen LogP contribution in [-0.4, -0.2) is 50.6 Å². The van der Waals surface area contributed by atoms with E-state index >= 15 is 0 Å². The summed E-state index contributed by atoms with van der Waals surface area (Å²) >= 11 is 0. The number of nitrogens with two attached hydrogens (primary N) is 1. The molecule has 1 aromatic heterocycles. The highest BCUT2D eigenvalue weighted by molar-refractivity contribution is 5.73. The molecule has 2 aliphatic rings. The molecule has 5 N–H and O–H groups in total. The van der Waals surface area contributed by atoms with E-state index in [9.17, 15) is 15.3 Å². The van der Waals surface area contributed by atoms with Gasteiger partial charge >= 0.3 is 0 Å². The lowest BCUT2D eigenvalue weighted by Crippen LogP contribution is -2.22. The molecule has 0 radical (unpaired) electrons. The Kier molecular flexibility index (Phi) is 5.37. The number of hydrogen-bond donors (Lipinski definition) is 4. The average Bonchev–Trinajstić information content (AvgIpc) is 3.01. The van der Waals surface area contributed by atoms with Crippen molar-refractivity contribution in [2.75, 3.05) is 23.7 Å². The van der Waals surface area contributed by atoms with Crippen LogP contribution in [0.4, 0.5) is 11.6 Å². The molecule has 1 saturated heterocycles. The van der Waals surface area contributed by atoms with Crippen LogP contribution in [0, 0.1) is 5.92 Å². The van der Waals surface area contributed by atoms with E-state index in [0.717, 1.165) is 17.8 Å². The van der Waals surface area contributed by atoms with Gasteiger partial charge in [0.05, 0.1) is 17.9 Å². The molecule has 1 aromatic carbocycles. The van der Waals surface area contributed by atoms with Gasteiger partial charge in [-0.15, -0.1) is 0 Å². The summed E-state index contributed by atoms with van der Waals surface area (Å²) < 4.78 is 0. The number of anilines is 2. The summed E-state index contributed by atoms with van der Waals surface area (Å²) in [5, 5.41) is 30.1. The zero-order valence-electron chi connectivity index (χ0n) is 16.0. The number of rotatable bonds is 4. The number of phenols is 1. The normalized spacial score (nSPS) is 23.3. The van der Waals surface area contributed by atoms with Crippen LogP contribution in [0.1, 0.15) is 37.8 Å². The van der Waals surface area contributed by atoms with Gasteiger partial charge in [-0.1, -0.05) is 32.1 Å². The van der Waals surface area contributed by atoms with Crippen LogP contribution in [0.5, 0.6) is 5.75 Å². The predicted octanol–water partition coefficient (Wildman–Crippen LogP) is 2.10. The Morgan fingerprint density at radius 2 is 1.71 bits per heavy atom. The van der Waals surface area contributed by atoms with E-state index in [1.807, 2.05) is 17.0 Å². The van der Waals surface area contributed by atoms with Gasteiger partial charge in [0, 0.05) is 30.0 Å². The molecule has 4 rings (SSSR count). The molecule has 7 heteroatoms. The zero-order chi connectivity index (χ0) is 19.7. The van der Waals surface area contributed by atoms with E-state index in [1.165, 1.54) is 32.1 Å². The summed E-state index contributed by atoms with van der Waals surface area (Å²) in [6.07, 6.45) is 5.64. The minimum atomic E-state index is -0.769. The van der Waals surface area contributed by atoms with Gasteiger partial charge in [-0.3, -0.25) is 0 Å². The molecule has 0 bridgehead atoms. The molecule has 2 atom stereocenters. The Morgan fingerprint density at radius 1 is 1.00 bits per heavy atom. The maximum absolute atomic E-state index is 10.4. The fourth-order valence-corrected chi connectivity index (χ4v) is 4.35. The molecule has 0 amide bonds. The molecule has 28 heavy (non-hydrogen) atoms. The van der Waals surface area contributed by atoms with Crippen molar-refractivity contribution in [2.45, 2.75) is 50.7 Å². The molecule has 1 aliphatic carbocycles. The number of hydrogen-bond acceptors (Lipinski definition) is 7. The number of aromatic nitrogens is 2. The largest absolute Gasteiger partial charge is 0.507 e. The van der Waals surface area contributed by atoms with E-state index in [-0.39, 0.29) is 11.7 Å². The number of β-amino-alcohol motifs (C(OH)–C–C–N with tert-alkyl or cyclic N) is 2. The first-order valence-electron chi connectivity index (χ1n) is 10.1. The highest BCUT2D eigenvalue weighted by atomic mass is 16.3.